The van der Waals surface area contributed by atoms with Crippen LogP contribution in [-0.4, -0.2) is 10.1 Å². The molecule has 1 aromatic rings. The molecule has 0 atom stereocenters. The highest BCUT2D eigenvalue weighted by Gasteiger charge is 2.16. The molecule has 0 radical (unpaired) electrons. The van der Waals surface area contributed by atoms with Crippen LogP contribution in [0.3, 0.4) is 0 Å². The fourth-order valence-corrected chi connectivity index (χ4v) is 1.21. The van der Waals surface area contributed by atoms with Crippen molar-refractivity contribution in [3.63, 3.8) is 0 Å². The summed E-state index contributed by atoms with van der Waals surface area (Å²) >= 11 is 2.80. The van der Waals surface area contributed by atoms with Crippen LogP contribution < -0.4 is 0 Å². The van der Waals surface area contributed by atoms with E-state index in [0.717, 1.165) is 6.07 Å². The molecule has 0 spiro atoms. The quantitative estimate of drug-likeness (QED) is 0.830. The molecule has 68 valence electrons. The maximum absolute atomic E-state index is 12.2. The number of hydrogen-bond acceptors (Lipinski definition) is 3. The summed E-state index contributed by atoms with van der Waals surface area (Å²) in [5, 5.41) is 17.4. The van der Waals surface area contributed by atoms with Crippen LogP contribution in [-0.2, 0) is 0 Å². The topological polar surface area (TPSA) is 56.9 Å². The molecule has 0 saturated carbocycles. The van der Waals surface area contributed by atoms with Gasteiger partial charge >= 0.3 is 0 Å². The Labute approximate surface area is 80.8 Å². The van der Waals surface area contributed by atoms with Gasteiger partial charge in [-0.15, -0.1) is 0 Å². The van der Waals surface area contributed by atoms with Crippen LogP contribution >= 0.6 is 15.9 Å². The Bertz CT molecular complexity index is 375. The van der Waals surface area contributed by atoms with Gasteiger partial charge in [0.15, 0.2) is 11.4 Å². The van der Waals surface area contributed by atoms with Gasteiger partial charge in [0.25, 0.3) is 6.43 Å². The number of aromatic nitrogens is 1. The van der Waals surface area contributed by atoms with Gasteiger partial charge in [-0.2, -0.15) is 5.26 Å². The van der Waals surface area contributed by atoms with E-state index in [1.165, 1.54) is 6.07 Å². The first-order chi connectivity index (χ1) is 6.06. The highest BCUT2D eigenvalue weighted by atomic mass is 79.9. The van der Waals surface area contributed by atoms with E-state index in [1.54, 1.807) is 0 Å². The smallest absolute Gasteiger partial charge is 0.281 e. The number of aromatic hydroxyl groups is 1. The Kier molecular flexibility index (Phi) is 2.78. The maximum atomic E-state index is 12.2. The number of hydrogen-bond donors (Lipinski definition) is 1. The fourth-order valence-electron chi connectivity index (χ4n) is 0.729. The first kappa shape index (κ1) is 9.86. The van der Waals surface area contributed by atoms with Crippen molar-refractivity contribution < 1.29 is 13.9 Å². The molecule has 0 fully saturated rings. The molecule has 6 heteroatoms. The highest BCUT2D eigenvalue weighted by molar-refractivity contribution is 9.10. The lowest BCUT2D eigenvalue weighted by Gasteiger charge is -2.03. The third kappa shape index (κ3) is 1.92. The van der Waals surface area contributed by atoms with Crippen LogP contribution in [0.25, 0.3) is 0 Å². The minimum Gasteiger partial charge on any atom is -0.505 e. The van der Waals surface area contributed by atoms with Crippen molar-refractivity contribution in [1.82, 2.24) is 4.98 Å². The molecule has 0 amide bonds. The van der Waals surface area contributed by atoms with Crippen LogP contribution in [0.5, 0.6) is 5.75 Å². The molecule has 0 unspecified atom stereocenters. The van der Waals surface area contributed by atoms with Crippen LogP contribution in [0.2, 0.25) is 0 Å². The lowest BCUT2D eigenvalue weighted by atomic mass is 10.3. The van der Waals surface area contributed by atoms with Gasteiger partial charge in [-0.25, -0.2) is 13.8 Å². The maximum Gasteiger partial charge on any atom is 0.281 e. The molecule has 0 bridgehead atoms. The van der Waals surface area contributed by atoms with Crippen molar-refractivity contribution >= 4 is 15.9 Å². The average Bonchev–Trinajstić information content (AvgIpc) is 2.03. The van der Waals surface area contributed by atoms with Gasteiger partial charge in [0.05, 0.1) is 0 Å². The Morgan fingerprint density at radius 2 is 2.23 bits per heavy atom. The average molecular weight is 249 g/mol. The van der Waals surface area contributed by atoms with Crippen LogP contribution in [0.4, 0.5) is 8.78 Å². The highest BCUT2D eigenvalue weighted by Crippen LogP contribution is 2.29. The summed E-state index contributed by atoms with van der Waals surface area (Å²) in [5.41, 5.74) is -0.951. The van der Waals surface area contributed by atoms with Crippen molar-refractivity contribution in [2.24, 2.45) is 0 Å². The van der Waals surface area contributed by atoms with Crippen LogP contribution in [0.15, 0.2) is 10.5 Å². The van der Waals surface area contributed by atoms with E-state index in [-0.39, 0.29) is 4.47 Å². The number of halogens is 3. The molecular formula is C7H3BrF2N2O. The van der Waals surface area contributed by atoms with Gasteiger partial charge in [0.1, 0.15) is 11.8 Å². The fraction of sp³-hybridized carbons (Fsp3) is 0.143. The molecule has 0 aliphatic heterocycles. The van der Waals surface area contributed by atoms with Crippen molar-refractivity contribution in [2.75, 3.05) is 0 Å². The molecule has 3 nitrogen and oxygen atoms in total. The van der Waals surface area contributed by atoms with Crippen LogP contribution in [0.1, 0.15) is 17.8 Å². The second kappa shape index (κ2) is 3.66. The number of nitrogens with zero attached hydrogens (tertiary/aromatic N) is 2. The lowest BCUT2D eigenvalue weighted by Crippen LogP contribution is -1.95. The number of pyridine rings is 1. The Balaban J connectivity index is 3.33. The van der Waals surface area contributed by atoms with Gasteiger partial charge in [0.2, 0.25) is 0 Å². The summed E-state index contributed by atoms with van der Waals surface area (Å²) in [6.07, 6.45) is -2.78. The summed E-state index contributed by atoms with van der Waals surface area (Å²) in [6.45, 7) is 0. The molecule has 0 aliphatic carbocycles. The third-order valence-electron chi connectivity index (χ3n) is 1.30. The van der Waals surface area contributed by atoms with E-state index in [9.17, 15) is 8.78 Å². The molecular weight excluding hydrogens is 246 g/mol. The van der Waals surface area contributed by atoms with Crippen molar-refractivity contribution in [2.45, 2.75) is 6.43 Å². The first-order valence-corrected chi connectivity index (χ1v) is 3.93. The number of rotatable bonds is 1. The normalized spacial score (nSPS) is 10.1. The SMILES string of the molecule is N#Cc1nc(C(F)F)c(Br)cc1O. The zero-order chi connectivity index (χ0) is 10.0. The molecule has 0 saturated heterocycles. The van der Waals surface area contributed by atoms with Crippen molar-refractivity contribution in [3.05, 3.63) is 21.9 Å². The Morgan fingerprint density at radius 3 is 2.69 bits per heavy atom. The summed E-state index contributed by atoms with van der Waals surface area (Å²) < 4.78 is 24.4. The lowest BCUT2D eigenvalue weighted by molar-refractivity contribution is 0.145. The Hall–Kier alpha value is -1.22. The van der Waals surface area contributed by atoms with Gasteiger partial charge < -0.3 is 5.11 Å². The summed E-state index contributed by atoms with van der Waals surface area (Å²) in [4.78, 5) is 3.28. The molecule has 1 aromatic heterocycles. The summed E-state index contributed by atoms with van der Waals surface area (Å²) in [7, 11) is 0. The predicted molar refractivity (Wildman–Crippen MR) is 43.3 cm³/mol. The Morgan fingerprint density at radius 1 is 1.62 bits per heavy atom. The number of nitriles is 1. The van der Waals surface area contributed by atoms with E-state index < -0.39 is 23.6 Å². The molecule has 1 heterocycles. The second-order valence-electron chi connectivity index (χ2n) is 2.14. The number of alkyl halides is 2. The standard InChI is InChI=1S/C7H3BrF2N2O/c8-3-1-5(13)4(2-11)12-6(3)7(9)10/h1,7,13H. The van der Waals surface area contributed by atoms with Gasteiger partial charge in [-0.3, -0.25) is 0 Å². The molecule has 1 N–H and O–H groups in total. The summed E-state index contributed by atoms with van der Waals surface area (Å²) in [6, 6.07) is 2.52. The van der Waals surface area contributed by atoms with Gasteiger partial charge in [0, 0.05) is 4.47 Å². The zero-order valence-electron chi connectivity index (χ0n) is 6.13. The monoisotopic (exact) mass is 248 g/mol. The summed E-state index contributed by atoms with van der Waals surface area (Å²) in [5.74, 6) is -0.418. The van der Waals surface area contributed by atoms with Crippen molar-refractivity contribution in [1.29, 1.82) is 5.26 Å². The zero-order valence-corrected chi connectivity index (χ0v) is 7.72. The van der Waals surface area contributed by atoms with E-state index in [2.05, 4.69) is 20.9 Å². The minimum atomic E-state index is -2.78. The van der Waals surface area contributed by atoms with E-state index in [0.29, 0.717) is 0 Å². The second-order valence-corrected chi connectivity index (χ2v) is 2.99. The van der Waals surface area contributed by atoms with Crippen LogP contribution in [0, 0.1) is 11.3 Å². The van der Waals surface area contributed by atoms with Gasteiger partial charge in [-0.1, -0.05) is 0 Å². The van der Waals surface area contributed by atoms with Crippen molar-refractivity contribution in [3.8, 4) is 11.8 Å². The van der Waals surface area contributed by atoms with E-state index in [4.69, 9.17) is 10.4 Å². The predicted octanol–water partition coefficient (Wildman–Crippen LogP) is 2.36. The molecule has 0 aliphatic rings. The molecule has 0 aromatic carbocycles. The van der Waals surface area contributed by atoms with E-state index >= 15 is 0 Å². The minimum absolute atomic E-state index is 0.0148. The first-order valence-electron chi connectivity index (χ1n) is 3.14. The van der Waals surface area contributed by atoms with Gasteiger partial charge in [-0.05, 0) is 22.0 Å². The third-order valence-corrected chi connectivity index (χ3v) is 1.93. The molecule has 13 heavy (non-hydrogen) atoms. The van der Waals surface area contributed by atoms with E-state index in [1.807, 2.05) is 0 Å². The largest absolute Gasteiger partial charge is 0.505 e. The molecule has 1 rings (SSSR count).